The van der Waals surface area contributed by atoms with E-state index in [1.54, 1.807) is 0 Å². The molecule has 4 aliphatic rings. The van der Waals surface area contributed by atoms with Crippen LogP contribution in [0.4, 0.5) is 0 Å². The van der Waals surface area contributed by atoms with Gasteiger partial charge in [-0.05, 0) is 95.0 Å². The average Bonchev–Trinajstić information content (AvgIpc) is 3.24. The van der Waals surface area contributed by atoms with Gasteiger partial charge in [0.2, 0.25) is 0 Å². The quantitative estimate of drug-likeness (QED) is 0.386. The number of carbonyl (C=O) groups excluding carboxylic acids is 1. The van der Waals surface area contributed by atoms with E-state index in [4.69, 9.17) is 4.43 Å². The lowest BCUT2D eigenvalue weighted by Crippen LogP contribution is -2.68. The first-order chi connectivity index (χ1) is 18.1. The van der Waals surface area contributed by atoms with Gasteiger partial charge in [0.25, 0.3) is 8.32 Å². The molecule has 4 aliphatic carbocycles. The Hall–Kier alpha value is -1.97. The van der Waals surface area contributed by atoms with Crippen LogP contribution in [0.1, 0.15) is 86.0 Å². The smallest absolute Gasteiger partial charge is 0.261 e. The Morgan fingerprint density at radius 2 is 1.42 bits per heavy atom. The number of carbonyl (C=O) groups is 1. The van der Waals surface area contributed by atoms with E-state index in [9.17, 15) is 4.79 Å². The van der Waals surface area contributed by atoms with Gasteiger partial charge >= 0.3 is 0 Å². The molecule has 0 radical (unpaired) electrons. The lowest BCUT2D eigenvalue weighted by molar-refractivity contribution is -0.117. The summed E-state index contributed by atoms with van der Waals surface area (Å²) in [5.41, 5.74) is 1.92. The number of benzene rings is 2. The Balaban J connectivity index is 1.37. The second-order valence-corrected chi connectivity index (χ2v) is 18.6. The molecule has 3 heteroatoms. The molecule has 2 nitrogen and oxygen atoms in total. The second kappa shape index (κ2) is 9.30. The molecule has 6 atom stereocenters. The van der Waals surface area contributed by atoms with Crippen molar-refractivity contribution in [2.45, 2.75) is 97.1 Å². The first kappa shape index (κ1) is 26.3. The van der Waals surface area contributed by atoms with Gasteiger partial charge < -0.3 is 4.43 Å². The number of hydrogen-bond acceptors (Lipinski definition) is 2. The van der Waals surface area contributed by atoms with E-state index in [0.29, 0.717) is 5.78 Å². The summed E-state index contributed by atoms with van der Waals surface area (Å²) in [4.78, 5) is 12.3. The van der Waals surface area contributed by atoms with Crippen molar-refractivity contribution in [2.75, 3.05) is 0 Å². The third-order valence-corrected chi connectivity index (χ3v) is 16.7. The summed E-state index contributed by atoms with van der Waals surface area (Å²) in [7, 11) is -2.58. The van der Waals surface area contributed by atoms with Crippen LogP contribution in [-0.4, -0.2) is 20.2 Å². The summed E-state index contributed by atoms with van der Waals surface area (Å²) in [5, 5.41) is 2.80. The minimum Gasteiger partial charge on any atom is -0.404 e. The third-order valence-electron chi connectivity index (χ3n) is 11.6. The van der Waals surface area contributed by atoms with Crippen LogP contribution in [0, 0.1) is 28.6 Å². The molecule has 202 valence electrons. The highest BCUT2D eigenvalue weighted by Crippen LogP contribution is 2.66. The Bertz CT molecular complexity index is 1170. The van der Waals surface area contributed by atoms with E-state index in [-0.39, 0.29) is 22.0 Å². The fourth-order valence-electron chi connectivity index (χ4n) is 9.61. The highest BCUT2D eigenvalue weighted by atomic mass is 28.4. The van der Waals surface area contributed by atoms with E-state index >= 15 is 0 Å². The zero-order valence-corrected chi connectivity index (χ0v) is 25.1. The lowest BCUT2D eigenvalue weighted by Gasteiger charge is -2.58. The molecule has 0 bridgehead atoms. The standard InChI is InChI=1S/C35H46O2Si/c1-33(2,3)38(27-12-8-6-9-13-27,28-14-10-7-11-15-28)37-32-19-18-30-29-17-16-25-24-26(36)20-22-34(25,4)31(29)21-23-35(30,32)5/h6-15,24,29-32H,16-23H2,1-5H3/t29-,30+,31-,32-,34-,35-/m0/s1. The van der Waals surface area contributed by atoms with Gasteiger partial charge in [0.1, 0.15) is 0 Å². The van der Waals surface area contributed by atoms with Gasteiger partial charge in [-0.1, -0.05) is 101 Å². The maximum absolute atomic E-state index is 12.3. The van der Waals surface area contributed by atoms with Gasteiger partial charge in [0.15, 0.2) is 5.78 Å². The van der Waals surface area contributed by atoms with Gasteiger partial charge in [-0.2, -0.15) is 0 Å². The minimum absolute atomic E-state index is 0.00794. The van der Waals surface area contributed by atoms with Gasteiger partial charge in [-0.15, -0.1) is 0 Å². The molecule has 3 saturated carbocycles. The van der Waals surface area contributed by atoms with Crippen LogP contribution >= 0.6 is 0 Å². The zero-order valence-electron chi connectivity index (χ0n) is 24.1. The molecule has 2 aromatic rings. The first-order valence-corrected chi connectivity index (χ1v) is 17.0. The average molecular weight is 527 g/mol. The van der Waals surface area contributed by atoms with Crippen LogP contribution in [0.5, 0.6) is 0 Å². The van der Waals surface area contributed by atoms with Crippen molar-refractivity contribution in [3.05, 3.63) is 72.3 Å². The van der Waals surface area contributed by atoms with Crippen molar-refractivity contribution in [2.24, 2.45) is 28.6 Å². The van der Waals surface area contributed by atoms with E-state index in [2.05, 4.69) is 95.3 Å². The number of ketones is 1. The van der Waals surface area contributed by atoms with Crippen LogP contribution in [0.25, 0.3) is 0 Å². The molecule has 2 aromatic carbocycles. The van der Waals surface area contributed by atoms with Crippen LogP contribution in [0.3, 0.4) is 0 Å². The van der Waals surface area contributed by atoms with Crippen molar-refractivity contribution < 1.29 is 9.22 Å². The topological polar surface area (TPSA) is 26.3 Å². The largest absolute Gasteiger partial charge is 0.404 e. The van der Waals surface area contributed by atoms with Crippen molar-refractivity contribution in [1.29, 1.82) is 0 Å². The summed E-state index contributed by atoms with van der Waals surface area (Å²) in [6, 6.07) is 22.4. The summed E-state index contributed by atoms with van der Waals surface area (Å²) in [6.45, 7) is 12.3. The molecule has 0 spiro atoms. The van der Waals surface area contributed by atoms with Crippen molar-refractivity contribution in [1.82, 2.24) is 0 Å². The van der Waals surface area contributed by atoms with E-state index in [0.717, 1.165) is 37.0 Å². The van der Waals surface area contributed by atoms with Gasteiger partial charge in [-0.3, -0.25) is 4.79 Å². The predicted molar refractivity (Wildman–Crippen MR) is 159 cm³/mol. The zero-order chi connectivity index (χ0) is 26.8. The molecule has 6 rings (SSSR count). The van der Waals surface area contributed by atoms with E-state index < -0.39 is 8.32 Å². The van der Waals surface area contributed by atoms with Crippen molar-refractivity contribution >= 4 is 24.5 Å². The predicted octanol–water partition coefficient (Wildman–Crippen LogP) is 7.46. The second-order valence-electron chi connectivity index (χ2n) is 14.4. The number of hydrogen-bond donors (Lipinski definition) is 0. The summed E-state index contributed by atoms with van der Waals surface area (Å²) in [5.74, 6) is 2.56. The van der Waals surface area contributed by atoms with Gasteiger partial charge in [-0.25, -0.2) is 0 Å². The maximum Gasteiger partial charge on any atom is 0.261 e. The molecule has 0 aliphatic heterocycles. The Morgan fingerprint density at radius 3 is 2.03 bits per heavy atom. The molecule has 0 heterocycles. The Labute approximate surface area is 231 Å². The fraction of sp³-hybridized carbons (Fsp3) is 0.571. The number of rotatable bonds is 4. The first-order valence-electron chi connectivity index (χ1n) is 15.1. The molecule has 3 fully saturated rings. The van der Waals surface area contributed by atoms with Crippen LogP contribution in [0.2, 0.25) is 5.04 Å². The third kappa shape index (κ3) is 3.86. The summed E-state index contributed by atoms with van der Waals surface area (Å²) in [6.07, 6.45) is 11.5. The maximum atomic E-state index is 12.3. The molecule has 0 saturated heterocycles. The van der Waals surface area contributed by atoms with Crippen LogP contribution < -0.4 is 10.4 Å². The monoisotopic (exact) mass is 526 g/mol. The minimum atomic E-state index is -2.58. The summed E-state index contributed by atoms with van der Waals surface area (Å²) < 4.78 is 7.82. The van der Waals surface area contributed by atoms with Crippen molar-refractivity contribution in [3.63, 3.8) is 0 Å². The summed E-state index contributed by atoms with van der Waals surface area (Å²) >= 11 is 0. The lowest BCUT2D eigenvalue weighted by atomic mass is 9.47. The molecular weight excluding hydrogens is 480 g/mol. The molecular formula is C35H46O2Si. The molecule has 0 amide bonds. The number of allylic oxidation sites excluding steroid dienone is 1. The number of fused-ring (bicyclic) bond motifs is 5. The van der Waals surface area contributed by atoms with Crippen molar-refractivity contribution in [3.8, 4) is 0 Å². The van der Waals surface area contributed by atoms with Gasteiger partial charge in [0.05, 0.1) is 6.10 Å². The fourth-order valence-corrected chi connectivity index (χ4v) is 14.4. The van der Waals surface area contributed by atoms with E-state index in [1.165, 1.54) is 48.1 Å². The molecule has 0 N–H and O–H groups in total. The highest BCUT2D eigenvalue weighted by molar-refractivity contribution is 6.99. The molecule has 0 unspecified atom stereocenters. The Kier molecular flexibility index (Phi) is 6.43. The van der Waals surface area contributed by atoms with Crippen LogP contribution in [-0.2, 0) is 9.22 Å². The normalized spacial score (nSPS) is 35.2. The van der Waals surface area contributed by atoms with Crippen LogP contribution in [0.15, 0.2) is 72.3 Å². The highest BCUT2D eigenvalue weighted by Gasteiger charge is 2.62. The van der Waals surface area contributed by atoms with E-state index in [1.807, 2.05) is 6.08 Å². The molecule has 0 aromatic heterocycles. The molecule has 38 heavy (non-hydrogen) atoms. The van der Waals surface area contributed by atoms with Gasteiger partial charge in [0, 0.05) is 6.42 Å². The SMILES string of the molecule is CC(C)(C)[Si](O[C@H]1CC[C@@H]2[C@@H]3CCC4=CC(=O)CC[C@]4(C)[C@H]3CC[C@]12C)(c1ccccc1)c1ccccc1. The Morgan fingerprint density at radius 1 is 0.789 bits per heavy atom.